The van der Waals surface area contributed by atoms with Gasteiger partial charge in [0.05, 0.1) is 35.2 Å². The molecular weight excluding hydrogens is 378 g/mol. The lowest BCUT2D eigenvalue weighted by atomic mass is 10.2. The number of methoxy groups -OCH3 is 1. The van der Waals surface area contributed by atoms with E-state index in [1.54, 1.807) is 18.2 Å². The number of hydrogen-bond acceptors (Lipinski definition) is 5. The maximum Gasteiger partial charge on any atom is 0.243 e. The van der Waals surface area contributed by atoms with Gasteiger partial charge in [0.15, 0.2) is 0 Å². The van der Waals surface area contributed by atoms with Gasteiger partial charge in [0, 0.05) is 12.7 Å². The third-order valence-corrected chi connectivity index (χ3v) is 5.57. The number of halogens is 1. The normalized spacial score (nSPS) is 11.0. The lowest BCUT2D eigenvalue weighted by Gasteiger charge is -2.17. The first kappa shape index (κ1) is 19.7. The van der Waals surface area contributed by atoms with Gasteiger partial charge >= 0.3 is 0 Å². The third-order valence-electron chi connectivity index (χ3n) is 3.47. The summed E-state index contributed by atoms with van der Waals surface area (Å²) in [5, 5.41) is 11.6. The number of sulfonamides is 1. The molecule has 0 fully saturated rings. The second-order valence-corrected chi connectivity index (χ2v) is 7.75. The molecule has 2 rings (SSSR count). The van der Waals surface area contributed by atoms with E-state index in [4.69, 9.17) is 21.6 Å². The molecule has 0 spiro atoms. The Labute approximate surface area is 156 Å². The molecule has 2 aromatic rings. The van der Waals surface area contributed by atoms with E-state index in [-0.39, 0.29) is 9.92 Å². The zero-order chi connectivity index (χ0) is 19.3. The van der Waals surface area contributed by atoms with Gasteiger partial charge in [-0.2, -0.15) is 9.57 Å². The fourth-order valence-electron chi connectivity index (χ4n) is 2.14. The van der Waals surface area contributed by atoms with Crippen molar-refractivity contribution in [1.82, 2.24) is 4.31 Å². The van der Waals surface area contributed by atoms with Crippen LogP contribution in [0, 0.1) is 11.3 Å². The highest BCUT2D eigenvalue weighted by molar-refractivity contribution is 7.89. The van der Waals surface area contributed by atoms with Crippen LogP contribution in [0.1, 0.15) is 5.56 Å². The molecule has 2 aromatic carbocycles. The van der Waals surface area contributed by atoms with E-state index in [1.807, 2.05) is 6.07 Å². The average Bonchev–Trinajstić information content (AvgIpc) is 2.61. The minimum atomic E-state index is -3.91. The number of carbonyl (C=O) groups excluding carboxylic acids is 1. The van der Waals surface area contributed by atoms with E-state index >= 15 is 0 Å². The summed E-state index contributed by atoms with van der Waals surface area (Å²) in [7, 11) is -1.19. The number of anilines is 1. The molecule has 0 saturated carbocycles. The Balaban J connectivity index is 2.12. The molecule has 1 N–H and O–H groups in total. The summed E-state index contributed by atoms with van der Waals surface area (Å²) >= 11 is 5.97. The standard InChI is InChI=1S/C17H16ClN3O4S/c1-21(11-17(22)20-13-5-3-4-12(8-13)10-19)26(23,24)14-6-7-16(25-2)15(18)9-14/h3-9H,11H2,1-2H3,(H,20,22). The van der Waals surface area contributed by atoms with Gasteiger partial charge < -0.3 is 10.1 Å². The van der Waals surface area contributed by atoms with Gasteiger partial charge in [-0.1, -0.05) is 17.7 Å². The molecule has 0 aliphatic rings. The van der Waals surface area contributed by atoms with E-state index in [0.717, 1.165) is 4.31 Å². The van der Waals surface area contributed by atoms with Crippen molar-refractivity contribution < 1.29 is 17.9 Å². The van der Waals surface area contributed by atoms with Crippen LogP contribution in [-0.2, 0) is 14.8 Å². The van der Waals surface area contributed by atoms with Crippen molar-refractivity contribution in [2.45, 2.75) is 4.90 Å². The van der Waals surface area contributed by atoms with Crippen molar-refractivity contribution in [3.63, 3.8) is 0 Å². The van der Waals surface area contributed by atoms with Crippen LogP contribution in [0.4, 0.5) is 5.69 Å². The molecule has 0 atom stereocenters. The molecule has 9 heteroatoms. The molecule has 26 heavy (non-hydrogen) atoms. The highest BCUT2D eigenvalue weighted by Gasteiger charge is 2.24. The zero-order valence-corrected chi connectivity index (χ0v) is 15.6. The quantitative estimate of drug-likeness (QED) is 0.812. The van der Waals surface area contributed by atoms with E-state index in [9.17, 15) is 13.2 Å². The van der Waals surface area contributed by atoms with Crippen LogP contribution in [0.15, 0.2) is 47.4 Å². The van der Waals surface area contributed by atoms with Gasteiger partial charge in [-0.15, -0.1) is 0 Å². The molecule has 0 heterocycles. The van der Waals surface area contributed by atoms with Gasteiger partial charge in [0.2, 0.25) is 15.9 Å². The highest BCUT2D eigenvalue weighted by Crippen LogP contribution is 2.28. The fraction of sp³-hybridized carbons (Fsp3) is 0.176. The first-order valence-corrected chi connectivity index (χ1v) is 9.19. The van der Waals surface area contributed by atoms with E-state index in [2.05, 4.69) is 5.32 Å². The largest absolute Gasteiger partial charge is 0.495 e. The predicted octanol–water partition coefficient (Wildman–Crippen LogP) is 2.48. The van der Waals surface area contributed by atoms with Crippen molar-refractivity contribution >= 4 is 33.2 Å². The summed E-state index contributed by atoms with van der Waals surface area (Å²) in [6, 6.07) is 12.3. The molecular formula is C17H16ClN3O4S. The number of likely N-dealkylation sites (N-methyl/N-ethyl adjacent to an activating group) is 1. The number of nitriles is 1. The first-order chi connectivity index (χ1) is 12.3. The summed E-state index contributed by atoms with van der Waals surface area (Å²) in [6.07, 6.45) is 0. The lowest BCUT2D eigenvalue weighted by molar-refractivity contribution is -0.116. The predicted molar refractivity (Wildman–Crippen MR) is 97.6 cm³/mol. The number of amides is 1. The highest BCUT2D eigenvalue weighted by atomic mass is 35.5. The van der Waals surface area contributed by atoms with Gasteiger partial charge in [-0.25, -0.2) is 8.42 Å². The molecule has 0 bridgehead atoms. The second-order valence-electron chi connectivity index (χ2n) is 5.30. The number of ether oxygens (including phenoxy) is 1. The SMILES string of the molecule is COc1ccc(S(=O)(=O)N(C)CC(=O)Nc2cccc(C#N)c2)cc1Cl. The van der Waals surface area contributed by atoms with Crippen molar-refractivity contribution in [2.75, 3.05) is 26.0 Å². The number of benzene rings is 2. The minimum Gasteiger partial charge on any atom is -0.495 e. The molecule has 7 nitrogen and oxygen atoms in total. The van der Waals surface area contributed by atoms with Crippen LogP contribution < -0.4 is 10.1 Å². The van der Waals surface area contributed by atoms with Crippen molar-refractivity contribution in [1.29, 1.82) is 5.26 Å². The molecule has 1 amide bonds. The number of nitrogens with zero attached hydrogens (tertiary/aromatic N) is 2. The van der Waals surface area contributed by atoms with Gasteiger partial charge in [-0.05, 0) is 36.4 Å². The Morgan fingerprint density at radius 1 is 1.31 bits per heavy atom. The summed E-state index contributed by atoms with van der Waals surface area (Å²) in [5.74, 6) is -0.186. The minimum absolute atomic E-state index is 0.0509. The van der Waals surface area contributed by atoms with Crippen LogP contribution in [0.3, 0.4) is 0 Å². The lowest BCUT2D eigenvalue weighted by Crippen LogP contribution is -2.35. The van der Waals surface area contributed by atoms with Crippen LogP contribution in [-0.4, -0.2) is 39.3 Å². The Hall–Kier alpha value is -2.60. The fourth-order valence-corrected chi connectivity index (χ4v) is 3.62. The second kappa shape index (κ2) is 8.19. The first-order valence-electron chi connectivity index (χ1n) is 7.38. The van der Waals surface area contributed by atoms with Gasteiger partial charge in [0.1, 0.15) is 5.75 Å². The maximum atomic E-state index is 12.6. The maximum absolute atomic E-state index is 12.6. The molecule has 136 valence electrons. The molecule has 0 aliphatic carbocycles. The summed E-state index contributed by atoms with van der Waals surface area (Å²) < 4.78 is 31.1. The Kier molecular flexibility index (Phi) is 6.21. The van der Waals surface area contributed by atoms with Crippen LogP contribution in [0.25, 0.3) is 0 Å². The molecule has 0 radical (unpaired) electrons. The summed E-state index contributed by atoms with van der Waals surface area (Å²) in [4.78, 5) is 12.1. The van der Waals surface area contributed by atoms with Crippen LogP contribution in [0.2, 0.25) is 5.02 Å². The Morgan fingerprint density at radius 3 is 2.65 bits per heavy atom. The van der Waals surface area contributed by atoms with Crippen molar-refractivity contribution in [3.8, 4) is 11.8 Å². The average molecular weight is 394 g/mol. The van der Waals surface area contributed by atoms with Gasteiger partial charge in [0.25, 0.3) is 0 Å². The third kappa shape index (κ3) is 4.52. The monoisotopic (exact) mass is 393 g/mol. The summed E-state index contributed by atoms with van der Waals surface area (Å²) in [5.41, 5.74) is 0.795. The number of rotatable bonds is 6. The van der Waals surface area contributed by atoms with E-state index in [1.165, 1.54) is 38.4 Å². The summed E-state index contributed by atoms with van der Waals surface area (Å²) in [6.45, 7) is -0.400. The van der Waals surface area contributed by atoms with Crippen LogP contribution >= 0.6 is 11.6 Å². The van der Waals surface area contributed by atoms with Crippen molar-refractivity contribution in [2.24, 2.45) is 0 Å². The Bertz CT molecular complexity index is 970. The van der Waals surface area contributed by atoms with Gasteiger partial charge in [-0.3, -0.25) is 4.79 Å². The number of nitrogens with one attached hydrogen (secondary N) is 1. The van der Waals surface area contributed by atoms with E-state index in [0.29, 0.717) is 17.0 Å². The molecule has 0 aromatic heterocycles. The van der Waals surface area contributed by atoms with E-state index < -0.39 is 22.5 Å². The van der Waals surface area contributed by atoms with Crippen LogP contribution in [0.5, 0.6) is 5.75 Å². The molecule has 0 aliphatic heterocycles. The zero-order valence-electron chi connectivity index (χ0n) is 14.1. The van der Waals surface area contributed by atoms with Crippen molar-refractivity contribution in [3.05, 3.63) is 53.1 Å². The smallest absolute Gasteiger partial charge is 0.243 e. The molecule has 0 unspecified atom stereocenters. The molecule has 0 saturated heterocycles. The number of hydrogen-bond donors (Lipinski definition) is 1. The number of carbonyl (C=O) groups is 1. The Morgan fingerprint density at radius 2 is 2.04 bits per heavy atom. The topological polar surface area (TPSA) is 99.5 Å².